The van der Waals surface area contributed by atoms with Crippen LogP contribution in [0.4, 0.5) is 11.4 Å². The Balaban J connectivity index is 1.62. The van der Waals surface area contributed by atoms with Crippen LogP contribution in [-0.2, 0) is 9.53 Å². The molecule has 0 aliphatic carbocycles. The van der Waals surface area contributed by atoms with Gasteiger partial charge in [0.15, 0.2) is 0 Å². The van der Waals surface area contributed by atoms with E-state index in [0.29, 0.717) is 25.1 Å². The monoisotopic (exact) mass is 420 g/mol. The summed E-state index contributed by atoms with van der Waals surface area (Å²) in [5.41, 5.74) is 2.40. The van der Waals surface area contributed by atoms with Crippen LogP contribution in [0, 0.1) is 11.3 Å². The SMILES string of the molecule is COC(=O)c1ccc(N2CCN(CC(=O)N(CCC#N)c3ccccc3)C(C)C2)cc1. The maximum atomic E-state index is 13.1. The molecule has 31 heavy (non-hydrogen) atoms. The van der Waals surface area contributed by atoms with Crippen LogP contribution in [0.3, 0.4) is 0 Å². The molecule has 2 aromatic carbocycles. The van der Waals surface area contributed by atoms with E-state index in [-0.39, 0.29) is 17.9 Å². The summed E-state index contributed by atoms with van der Waals surface area (Å²) in [7, 11) is 1.37. The highest BCUT2D eigenvalue weighted by atomic mass is 16.5. The number of para-hydroxylation sites is 1. The molecule has 0 bridgehead atoms. The second kappa shape index (κ2) is 10.6. The standard InChI is InChI=1S/C24H28N4O3/c1-19-17-27(21-11-9-20(10-12-21)24(30)31-2)16-15-26(19)18-23(29)28(14-6-13-25)22-7-4-3-5-8-22/h3-5,7-12,19H,6,14-18H2,1-2H3. The van der Waals surface area contributed by atoms with Gasteiger partial charge in [0, 0.05) is 43.6 Å². The molecule has 2 aromatic rings. The van der Waals surface area contributed by atoms with E-state index in [1.807, 2.05) is 42.5 Å². The summed E-state index contributed by atoms with van der Waals surface area (Å²) < 4.78 is 4.75. The minimum Gasteiger partial charge on any atom is -0.465 e. The fourth-order valence-corrected chi connectivity index (χ4v) is 3.82. The summed E-state index contributed by atoms with van der Waals surface area (Å²) in [6, 6.07) is 19.2. The maximum Gasteiger partial charge on any atom is 0.337 e. The number of hydrogen-bond acceptors (Lipinski definition) is 6. The Morgan fingerprint density at radius 1 is 1.13 bits per heavy atom. The Labute approximate surface area is 183 Å². The third kappa shape index (κ3) is 5.62. The van der Waals surface area contributed by atoms with Crippen molar-refractivity contribution in [1.82, 2.24) is 4.90 Å². The topological polar surface area (TPSA) is 76.9 Å². The number of benzene rings is 2. The fourth-order valence-electron chi connectivity index (χ4n) is 3.82. The number of piperazine rings is 1. The number of methoxy groups -OCH3 is 1. The number of rotatable bonds is 7. The zero-order chi connectivity index (χ0) is 22.2. The normalized spacial score (nSPS) is 16.4. The second-order valence-electron chi connectivity index (χ2n) is 7.59. The van der Waals surface area contributed by atoms with Gasteiger partial charge in [0.1, 0.15) is 0 Å². The first kappa shape index (κ1) is 22.3. The van der Waals surface area contributed by atoms with Crippen molar-refractivity contribution < 1.29 is 14.3 Å². The molecule has 3 rings (SSSR count). The molecule has 7 nitrogen and oxygen atoms in total. The maximum absolute atomic E-state index is 13.1. The minimum absolute atomic E-state index is 0.00387. The fraction of sp³-hybridized carbons (Fsp3) is 0.375. The van der Waals surface area contributed by atoms with Crippen LogP contribution in [-0.4, -0.2) is 62.7 Å². The number of esters is 1. The summed E-state index contributed by atoms with van der Waals surface area (Å²) in [5, 5.41) is 8.98. The van der Waals surface area contributed by atoms with Crippen molar-refractivity contribution in [2.24, 2.45) is 0 Å². The number of ether oxygens (including phenoxy) is 1. The van der Waals surface area contributed by atoms with Crippen molar-refractivity contribution in [3.05, 3.63) is 60.2 Å². The molecule has 1 unspecified atom stereocenters. The van der Waals surface area contributed by atoms with Crippen LogP contribution in [0.5, 0.6) is 0 Å². The number of anilines is 2. The Kier molecular flexibility index (Phi) is 7.63. The van der Waals surface area contributed by atoms with E-state index >= 15 is 0 Å². The van der Waals surface area contributed by atoms with Crippen LogP contribution in [0.15, 0.2) is 54.6 Å². The third-order valence-corrected chi connectivity index (χ3v) is 5.57. The largest absolute Gasteiger partial charge is 0.465 e. The molecular formula is C24H28N4O3. The molecule has 1 aliphatic heterocycles. The third-order valence-electron chi connectivity index (χ3n) is 5.57. The Morgan fingerprint density at radius 3 is 2.45 bits per heavy atom. The molecule has 1 aliphatic rings. The Hall–Kier alpha value is -3.37. The van der Waals surface area contributed by atoms with Crippen molar-refractivity contribution in [2.75, 3.05) is 49.6 Å². The van der Waals surface area contributed by atoms with E-state index in [4.69, 9.17) is 10.00 Å². The van der Waals surface area contributed by atoms with E-state index < -0.39 is 0 Å². The van der Waals surface area contributed by atoms with Gasteiger partial charge < -0.3 is 14.5 Å². The van der Waals surface area contributed by atoms with Gasteiger partial charge in [-0.25, -0.2) is 4.79 Å². The average Bonchev–Trinajstić information content (AvgIpc) is 2.81. The van der Waals surface area contributed by atoms with Crippen LogP contribution in [0.1, 0.15) is 23.7 Å². The summed E-state index contributed by atoms with van der Waals surface area (Å²) >= 11 is 0. The van der Waals surface area contributed by atoms with Crippen LogP contribution >= 0.6 is 0 Å². The van der Waals surface area contributed by atoms with E-state index in [1.165, 1.54) is 7.11 Å². The van der Waals surface area contributed by atoms with Gasteiger partial charge >= 0.3 is 5.97 Å². The van der Waals surface area contributed by atoms with Crippen LogP contribution in [0.25, 0.3) is 0 Å². The lowest BCUT2D eigenvalue weighted by atomic mass is 10.1. The highest BCUT2D eigenvalue weighted by molar-refractivity contribution is 5.94. The van der Waals surface area contributed by atoms with Crippen molar-refractivity contribution in [3.8, 4) is 6.07 Å². The van der Waals surface area contributed by atoms with Crippen molar-refractivity contribution >= 4 is 23.3 Å². The molecule has 1 atom stereocenters. The summed E-state index contributed by atoms with van der Waals surface area (Å²) in [6.07, 6.45) is 0.297. The Morgan fingerprint density at radius 2 is 1.84 bits per heavy atom. The average molecular weight is 421 g/mol. The van der Waals surface area contributed by atoms with Gasteiger partial charge in [-0.2, -0.15) is 5.26 Å². The van der Waals surface area contributed by atoms with Crippen molar-refractivity contribution in [3.63, 3.8) is 0 Å². The first-order chi connectivity index (χ1) is 15.0. The molecular weight excluding hydrogens is 392 g/mol. The molecule has 0 radical (unpaired) electrons. The zero-order valence-electron chi connectivity index (χ0n) is 18.0. The molecule has 1 fully saturated rings. The highest BCUT2D eigenvalue weighted by Crippen LogP contribution is 2.21. The van der Waals surface area contributed by atoms with Crippen molar-refractivity contribution in [1.29, 1.82) is 5.26 Å². The van der Waals surface area contributed by atoms with Crippen LogP contribution in [0.2, 0.25) is 0 Å². The molecule has 1 amide bonds. The lowest BCUT2D eigenvalue weighted by Gasteiger charge is -2.41. The second-order valence-corrected chi connectivity index (χ2v) is 7.59. The van der Waals surface area contributed by atoms with E-state index in [0.717, 1.165) is 31.0 Å². The number of amides is 1. The molecule has 0 aromatic heterocycles. The number of hydrogen-bond donors (Lipinski definition) is 0. The molecule has 0 saturated carbocycles. The van der Waals surface area contributed by atoms with Crippen molar-refractivity contribution in [2.45, 2.75) is 19.4 Å². The lowest BCUT2D eigenvalue weighted by Crippen LogP contribution is -2.55. The first-order valence-corrected chi connectivity index (χ1v) is 10.4. The number of carbonyl (C=O) groups excluding carboxylic acids is 2. The lowest BCUT2D eigenvalue weighted by molar-refractivity contribution is -0.120. The molecule has 162 valence electrons. The summed E-state index contributed by atoms with van der Waals surface area (Å²) in [5.74, 6) is -0.341. The summed E-state index contributed by atoms with van der Waals surface area (Å²) in [6.45, 7) is 5.15. The molecule has 0 N–H and O–H groups in total. The van der Waals surface area contributed by atoms with Gasteiger partial charge in [0.2, 0.25) is 5.91 Å². The van der Waals surface area contributed by atoms with Gasteiger partial charge in [-0.3, -0.25) is 9.69 Å². The number of nitrogens with zero attached hydrogens (tertiary/aromatic N) is 4. The smallest absolute Gasteiger partial charge is 0.337 e. The van der Waals surface area contributed by atoms with E-state index in [1.54, 1.807) is 17.0 Å². The van der Waals surface area contributed by atoms with E-state index in [2.05, 4.69) is 22.8 Å². The quantitative estimate of drug-likeness (QED) is 0.641. The molecule has 7 heteroatoms. The number of carbonyl (C=O) groups is 2. The highest BCUT2D eigenvalue weighted by Gasteiger charge is 2.27. The first-order valence-electron chi connectivity index (χ1n) is 10.4. The predicted octanol–water partition coefficient (Wildman–Crippen LogP) is 2.93. The molecule has 0 spiro atoms. The number of nitriles is 1. The van der Waals surface area contributed by atoms with Gasteiger partial charge in [-0.05, 0) is 43.3 Å². The van der Waals surface area contributed by atoms with Crippen LogP contribution < -0.4 is 9.80 Å². The molecule has 1 saturated heterocycles. The van der Waals surface area contributed by atoms with Gasteiger partial charge in [0.25, 0.3) is 0 Å². The molecule has 1 heterocycles. The predicted molar refractivity (Wildman–Crippen MR) is 120 cm³/mol. The van der Waals surface area contributed by atoms with Gasteiger partial charge in [0.05, 0.1) is 31.7 Å². The zero-order valence-corrected chi connectivity index (χ0v) is 18.0. The minimum atomic E-state index is -0.345. The Bertz CT molecular complexity index is 924. The van der Waals surface area contributed by atoms with E-state index in [9.17, 15) is 9.59 Å². The van der Waals surface area contributed by atoms with Gasteiger partial charge in [-0.15, -0.1) is 0 Å². The van der Waals surface area contributed by atoms with Gasteiger partial charge in [-0.1, -0.05) is 18.2 Å². The summed E-state index contributed by atoms with van der Waals surface area (Å²) in [4.78, 5) is 30.8.